The van der Waals surface area contributed by atoms with Crippen LogP contribution in [0, 0.1) is 0 Å². The number of benzene rings is 2. The zero-order valence-corrected chi connectivity index (χ0v) is 27.6. The number of fused-ring (bicyclic) bond motifs is 3. The molecule has 1 saturated heterocycles. The number of sulfonamides is 1. The van der Waals surface area contributed by atoms with Gasteiger partial charge in [0.15, 0.2) is 5.82 Å². The van der Waals surface area contributed by atoms with Crippen molar-refractivity contribution in [3.8, 4) is 0 Å². The van der Waals surface area contributed by atoms with Crippen LogP contribution < -0.4 is 5.73 Å². The quantitative estimate of drug-likeness (QED) is 0.216. The van der Waals surface area contributed by atoms with E-state index in [1.807, 2.05) is 40.1 Å². The second-order valence-electron chi connectivity index (χ2n) is 11.8. The molecule has 13 heteroatoms. The van der Waals surface area contributed by atoms with Gasteiger partial charge in [0, 0.05) is 57.6 Å². The van der Waals surface area contributed by atoms with Gasteiger partial charge in [0.1, 0.15) is 11.3 Å². The van der Waals surface area contributed by atoms with Gasteiger partial charge in [0.25, 0.3) is 0 Å². The molecule has 0 spiro atoms. The van der Waals surface area contributed by atoms with Crippen LogP contribution in [0.1, 0.15) is 47.9 Å². The number of nitrogens with zero attached hydrogens (tertiary/aromatic N) is 6. The first kappa shape index (κ1) is 33.3. The predicted molar refractivity (Wildman–Crippen MR) is 179 cm³/mol. The summed E-state index contributed by atoms with van der Waals surface area (Å²) in [6.07, 6.45) is 4.70. The molecule has 12 nitrogen and oxygen atoms in total. The van der Waals surface area contributed by atoms with Crippen molar-refractivity contribution in [2.75, 3.05) is 58.4 Å². The van der Waals surface area contributed by atoms with Gasteiger partial charge < -0.3 is 19.9 Å². The fourth-order valence-electron chi connectivity index (χ4n) is 6.03. The molecule has 1 fully saturated rings. The Bertz CT molecular complexity index is 1820. The monoisotopic (exact) mass is 649 g/mol. The smallest absolute Gasteiger partial charge is 0.337 e. The standard InChI is InChI=1S/C33H43N7O5S/c1-4-5-14-28-36-30-31(26-12-6-7-13-27(26)35-32(30)34)40(28)16-9-15-38(22-24-10-8-11-25(21-24)33(42)45-2)29(41)23-37-17-19-39(20-18-37)46(3,43)44/h6-8,10-13,21H,4-5,9,14-20,22-23H2,1-3H3,(H2,34,35). The molecule has 2 N–H and O–H groups in total. The summed E-state index contributed by atoms with van der Waals surface area (Å²) in [6, 6.07) is 15.1. The largest absolute Gasteiger partial charge is 0.465 e. The molecule has 0 atom stereocenters. The van der Waals surface area contributed by atoms with Crippen molar-refractivity contribution in [2.24, 2.45) is 0 Å². The molecule has 0 aliphatic carbocycles. The number of pyridine rings is 1. The van der Waals surface area contributed by atoms with Gasteiger partial charge in [-0.1, -0.05) is 43.7 Å². The summed E-state index contributed by atoms with van der Waals surface area (Å²) in [5.41, 5.74) is 10.1. The third-order valence-electron chi connectivity index (χ3n) is 8.49. The number of anilines is 1. The highest BCUT2D eigenvalue weighted by atomic mass is 32.2. The number of amides is 1. The number of nitrogens with two attached hydrogens (primary N) is 1. The molecule has 1 aliphatic heterocycles. The molecule has 2 aromatic carbocycles. The molecule has 3 heterocycles. The van der Waals surface area contributed by atoms with Crippen molar-refractivity contribution in [1.82, 2.24) is 28.6 Å². The Morgan fingerprint density at radius 1 is 1.02 bits per heavy atom. The fraction of sp³-hybridized carbons (Fsp3) is 0.455. The molecule has 1 amide bonds. The molecular weight excluding hydrogens is 606 g/mol. The highest BCUT2D eigenvalue weighted by Crippen LogP contribution is 2.29. The summed E-state index contributed by atoms with van der Waals surface area (Å²) in [7, 11) is -1.93. The van der Waals surface area contributed by atoms with Crippen LogP contribution in [0.2, 0.25) is 0 Å². The number of aromatic nitrogens is 3. The molecule has 0 unspecified atom stereocenters. The number of ether oxygens (including phenoxy) is 1. The van der Waals surface area contributed by atoms with Gasteiger partial charge in [-0.2, -0.15) is 4.31 Å². The number of nitrogen functional groups attached to an aromatic ring is 1. The first-order valence-electron chi connectivity index (χ1n) is 15.7. The van der Waals surface area contributed by atoms with E-state index in [0.717, 1.165) is 47.1 Å². The Kier molecular flexibility index (Phi) is 10.5. The SMILES string of the molecule is CCCCc1nc2c(N)nc3ccccc3c2n1CCCN(Cc1cccc(C(=O)OC)c1)C(=O)CN1CCN(S(C)(=O)=O)CC1. The normalized spacial score (nSPS) is 14.6. The lowest BCUT2D eigenvalue weighted by Crippen LogP contribution is -2.51. The zero-order chi connectivity index (χ0) is 32.8. The Morgan fingerprint density at radius 2 is 1.78 bits per heavy atom. The first-order valence-corrected chi connectivity index (χ1v) is 17.6. The second-order valence-corrected chi connectivity index (χ2v) is 13.8. The average Bonchev–Trinajstić information content (AvgIpc) is 3.42. The minimum absolute atomic E-state index is 0.0585. The maximum atomic E-state index is 13.8. The summed E-state index contributed by atoms with van der Waals surface area (Å²) in [5, 5.41) is 0.989. The third kappa shape index (κ3) is 7.65. The highest BCUT2D eigenvalue weighted by Gasteiger charge is 2.26. The van der Waals surface area contributed by atoms with Crippen LogP contribution in [0.15, 0.2) is 48.5 Å². The fourth-order valence-corrected chi connectivity index (χ4v) is 6.86. The lowest BCUT2D eigenvalue weighted by molar-refractivity contribution is -0.133. The number of para-hydroxylation sites is 1. The van der Waals surface area contributed by atoms with E-state index in [-0.39, 0.29) is 12.5 Å². The van der Waals surface area contributed by atoms with Gasteiger partial charge in [-0.25, -0.2) is 23.2 Å². The number of carbonyl (C=O) groups excluding carboxylic acids is 2. The summed E-state index contributed by atoms with van der Waals surface area (Å²) < 4.78 is 32.5. The van der Waals surface area contributed by atoms with E-state index in [0.29, 0.717) is 69.1 Å². The van der Waals surface area contributed by atoms with Gasteiger partial charge in [0.2, 0.25) is 15.9 Å². The van der Waals surface area contributed by atoms with Crippen molar-refractivity contribution in [1.29, 1.82) is 0 Å². The van der Waals surface area contributed by atoms with E-state index in [9.17, 15) is 18.0 Å². The van der Waals surface area contributed by atoms with Crippen LogP contribution in [0.5, 0.6) is 0 Å². The van der Waals surface area contributed by atoms with Gasteiger partial charge in [-0.15, -0.1) is 0 Å². The molecule has 0 bridgehead atoms. The Labute approximate surface area is 270 Å². The lowest BCUT2D eigenvalue weighted by Gasteiger charge is -2.34. The number of unbranched alkanes of at least 4 members (excludes halogenated alkanes) is 1. The van der Waals surface area contributed by atoms with Gasteiger partial charge >= 0.3 is 5.97 Å². The third-order valence-corrected chi connectivity index (χ3v) is 9.79. The van der Waals surface area contributed by atoms with Gasteiger partial charge in [-0.05, 0) is 36.6 Å². The predicted octanol–water partition coefficient (Wildman–Crippen LogP) is 3.29. The number of esters is 1. The number of rotatable bonds is 13. The minimum atomic E-state index is -3.27. The first-order chi connectivity index (χ1) is 22.1. The number of imidazole rings is 1. The van der Waals surface area contributed by atoms with Crippen LogP contribution in [-0.4, -0.2) is 102 Å². The van der Waals surface area contributed by atoms with Crippen LogP contribution >= 0.6 is 0 Å². The van der Waals surface area contributed by atoms with Crippen molar-refractivity contribution in [2.45, 2.75) is 45.7 Å². The molecule has 0 radical (unpaired) electrons. The van der Waals surface area contributed by atoms with E-state index in [2.05, 4.69) is 16.5 Å². The number of hydrogen-bond acceptors (Lipinski definition) is 9. The van der Waals surface area contributed by atoms with Crippen LogP contribution in [0.4, 0.5) is 5.82 Å². The van der Waals surface area contributed by atoms with Crippen LogP contribution in [0.3, 0.4) is 0 Å². The highest BCUT2D eigenvalue weighted by molar-refractivity contribution is 7.88. The Hall–Kier alpha value is -4.07. The minimum Gasteiger partial charge on any atom is -0.465 e. The summed E-state index contributed by atoms with van der Waals surface area (Å²) in [4.78, 5) is 39.4. The molecular formula is C33H43N7O5S. The maximum absolute atomic E-state index is 13.8. The number of hydrogen-bond donors (Lipinski definition) is 1. The summed E-state index contributed by atoms with van der Waals surface area (Å²) in [5.74, 6) is 0.866. The van der Waals surface area contributed by atoms with Crippen molar-refractivity contribution in [3.05, 3.63) is 65.5 Å². The zero-order valence-electron chi connectivity index (χ0n) is 26.8. The van der Waals surface area contributed by atoms with E-state index < -0.39 is 16.0 Å². The second kappa shape index (κ2) is 14.6. The molecule has 0 saturated carbocycles. The molecule has 246 valence electrons. The summed E-state index contributed by atoms with van der Waals surface area (Å²) in [6.45, 7) is 5.41. The van der Waals surface area contributed by atoms with Gasteiger partial charge in [-0.3, -0.25) is 9.69 Å². The number of aryl methyl sites for hydroxylation is 2. The molecule has 1 aliphatic rings. The number of piperazine rings is 1. The van der Waals surface area contributed by atoms with Crippen molar-refractivity contribution in [3.63, 3.8) is 0 Å². The van der Waals surface area contributed by atoms with Gasteiger partial charge in [0.05, 0.1) is 36.5 Å². The van der Waals surface area contributed by atoms with E-state index >= 15 is 0 Å². The average molecular weight is 650 g/mol. The summed E-state index contributed by atoms with van der Waals surface area (Å²) >= 11 is 0. The topological polar surface area (TPSA) is 144 Å². The van der Waals surface area contributed by atoms with E-state index in [1.165, 1.54) is 17.7 Å². The van der Waals surface area contributed by atoms with E-state index in [4.69, 9.17) is 15.5 Å². The lowest BCUT2D eigenvalue weighted by atomic mass is 10.1. The van der Waals surface area contributed by atoms with Crippen LogP contribution in [0.25, 0.3) is 21.9 Å². The molecule has 46 heavy (non-hydrogen) atoms. The number of methoxy groups -OCH3 is 1. The van der Waals surface area contributed by atoms with E-state index in [1.54, 1.807) is 18.2 Å². The molecule has 5 rings (SSSR count). The van der Waals surface area contributed by atoms with Crippen molar-refractivity contribution < 1.29 is 22.7 Å². The maximum Gasteiger partial charge on any atom is 0.337 e. The Balaban J connectivity index is 1.38. The number of carbonyl (C=O) groups is 2. The Morgan fingerprint density at radius 3 is 2.50 bits per heavy atom. The van der Waals surface area contributed by atoms with Crippen molar-refractivity contribution >= 4 is 49.7 Å². The molecule has 2 aromatic heterocycles. The molecule has 4 aromatic rings. The van der Waals surface area contributed by atoms with Crippen LogP contribution in [-0.2, 0) is 39.1 Å².